The Balaban J connectivity index is 2.49. The molecule has 0 aliphatic carbocycles. The van der Waals surface area contributed by atoms with Gasteiger partial charge in [-0.2, -0.15) is 0 Å². The van der Waals surface area contributed by atoms with Gasteiger partial charge >= 0.3 is 0 Å². The molecule has 0 saturated heterocycles. The number of rotatable bonds is 6. The van der Waals surface area contributed by atoms with E-state index in [0.29, 0.717) is 19.1 Å². The standard InChI is InChI=1S/C13H17NOS/c1-11(2)12-6-3-4-7-13(12)15-9-5-8-14-10-16/h3-4,6-7,11H,5,8-9H2,1-2H3. The van der Waals surface area contributed by atoms with E-state index in [9.17, 15) is 0 Å². The van der Waals surface area contributed by atoms with Crippen molar-refractivity contribution >= 4 is 17.4 Å². The van der Waals surface area contributed by atoms with Crippen LogP contribution in [0.4, 0.5) is 0 Å². The molecule has 86 valence electrons. The van der Waals surface area contributed by atoms with Crippen molar-refractivity contribution in [2.24, 2.45) is 4.99 Å². The second kappa shape index (κ2) is 7.15. The molecular weight excluding hydrogens is 218 g/mol. The highest BCUT2D eigenvalue weighted by atomic mass is 32.1. The van der Waals surface area contributed by atoms with Crippen molar-refractivity contribution in [3.05, 3.63) is 29.8 Å². The third-order valence-corrected chi connectivity index (χ3v) is 2.41. The number of para-hydroxylation sites is 1. The van der Waals surface area contributed by atoms with Crippen molar-refractivity contribution in [2.45, 2.75) is 26.2 Å². The highest BCUT2D eigenvalue weighted by Gasteiger charge is 2.05. The minimum absolute atomic E-state index is 0.482. The molecule has 0 unspecified atom stereocenters. The van der Waals surface area contributed by atoms with E-state index in [1.54, 1.807) is 0 Å². The third-order valence-electron chi connectivity index (χ3n) is 2.28. The number of hydrogen-bond acceptors (Lipinski definition) is 3. The van der Waals surface area contributed by atoms with Gasteiger partial charge in [-0.15, -0.1) is 0 Å². The van der Waals surface area contributed by atoms with E-state index in [1.165, 1.54) is 5.56 Å². The third kappa shape index (κ3) is 4.13. The van der Waals surface area contributed by atoms with Crippen LogP contribution in [0.3, 0.4) is 0 Å². The Morgan fingerprint density at radius 2 is 2.12 bits per heavy atom. The van der Waals surface area contributed by atoms with E-state index in [0.717, 1.165) is 12.2 Å². The van der Waals surface area contributed by atoms with Crippen LogP contribution in [0, 0.1) is 0 Å². The molecule has 0 aromatic heterocycles. The summed E-state index contributed by atoms with van der Waals surface area (Å²) < 4.78 is 5.72. The van der Waals surface area contributed by atoms with Gasteiger partial charge in [0.15, 0.2) is 0 Å². The summed E-state index contributed by atoms with van der Waals surface area (Å²) in [7, 11) is 0. The van der Waals surface area contributed by atoms with E-state index in [1.807, 2.05) is 18.2 Å². The lowest BCUT2D eigenvalue weighted by Crippen LogP contribution is -2.02. The van der Waals surface area contributed by atoms with Crippen LogP contribution in [-0.2, 0) is 0 Å². The quantitative estimate of drug-likeness (QED) is 0.426. The van der Waals surface area contributed by atoms with Gasteiger partial charge in [-0.05, 0) is 29.8 Å². The molecule has 0 N–H and O–H groups in total. The molecule has 0 spiro atoms. The first-order chi connectivity index (χ1) is 7.75. The smallest absolute Gasteiger partial charge is 0.122 e. The first kappa shape index (κ1) is 12.9. The van der Waals surface area contributed by atoms with E-state index >= 15 is 0 Å². The minimum atomic E-state index is 0.482. The fraction of sp³-hybridized carbons (Fsp3) is 0.462. The van der Waals surface area contributed by atoms with Crippen molar-refractivity contribution in [2.75, 3.05) is 13.2 Å². The maximum atomic E-state index is 5.72. The summed E-state index contributed by atoms with van der Waals surface area (Å²) in [6.45, 7) is 5.69. The van der Waals surface area contributed by atoms with Gasteiger partial charge in [0.1, 0.15) is 5.75 Å². The average Bonchev–Trinajstić information content (AvgIpc) is 2.29. The molecule has 0 amide bonds. The molecule has 1 rings (SSSR count). The predicted octanol–water partition coefficient (Wildman–Crippen LogP) is 3.68. The van der Waals surface area contributed by atoms with Gasteiger partial charge in [0, 0.05) is 6.42 Å². The van der Waals surface area contributed by atoms with Gasteiger partial charge in [-0.3, -0.25) is 0 Å². The van der Waals surface area contributed by atoms with Crippen LogP contribution >= 0.6 is 12.2 Å². The summed E-state index contributed by atoms with van der Waals surface area (Å²) in [5.74, 6) is 1.46. The van der Waals surface area contributed by atoms with Crippen molar-refractivity contribution in [1.29, 1.82) is 0 Å². The van der Waals surface area contributed by atoms with Crippen LogP contribution in [-0.4, -0.2) is 18.3 Å². The van der Waals surface area contributed by atoms with E-state index in [-0.39, 0.29) is 0 Å². The minimum Gasteiger partial charge on any atom is -0.493 e. The summed E-state index contributed by atoms with van der Waals surface area (Å²) in [5.41, 5.74) is 1.25. The Hall–Kier alpha value is -1.18. The monoisotopic (exact) mass is 235 g/mol. The van der Waals surface area contributed by atoms with Crippen LogP contribution in [0.25, 0.3) is 0 Å². The van der Waals surface area contributed by atoms with Crippen LogP contribution in [0.1, 0.15) is 31.7 Å². The van der Waals surface area contributed by atoms with Crippen LogP contribution in [0.2, 0.25) is 0 Å². The molecular formula is C13H17NOS. The molecule has 3 heteroatoms. The van der Waals surface area contributed by atoms with Gasteiger partial charge in [-0.1, -0.05) is 32.0 Å². The Labute approximate surface area is 102 Å². The number of aliphatic imine (C=N–C) groups is 1. The summed E-state index contributed by atoms with van der Waals surface area (Å²) >= 11 is 4.49. The number of isothiocyanates is 1. The molecule has 0 saturated carbocycles. The first-order valence-electron chi connectivity index (χ1n) is 5.51. The average molecular weight is 235 g/mol. The van der Waals surface area contributed by atoms with Crippen molar-refractivity contribution in [1.82, 2.24) is 0 Å². The van der Waals surface area contributed by atoms with Crippen LogP contribution in [0.5, 0.6) is 5.75 Å². The number of thiocarbonyl (C=S) groups is 1. The summed E-state index contributed by atoms with van der Waals surface area (Å²) in [6.07, 6.45) is 0.871. The normalized spacial score (nSPS) is 9.94. The highest BCUT2D eigenvalue weighted by Crippen LogP contribution is 2.25. The fourth-order valence-electron chi connectivity index (χ4n) is 1.46. The predicted molar refractivity (Wildman–Crippen MR) is 70.5 cm³/mol. The summed E-state index contributed by atoms with van der Waals surface area (Å²) in [6, 6.07) is 8.15. The van der Waals surface area contributed by atoms with Gasteiger partial charge in [-0.25, -0.2) is 4.99 Å². The largest absolute Gasteiger partial charge is 0.493 e. The van der Waals surface area contributed by atoms with Gasteiger partial charge < -0.3 is 4.74 Å². The summed E-state index contributed by atoms with van der Waals surface area (Å²) in [5, 5.41) is 2.35. The van der Waals surface area contributed by atoms with Gasteiger partial charge in [0.2, 0.25) is 0 Å². The maximum Gasteiger partial charge on any atom is 0.122 e. The van der Waals surface area contributed by atoms with Crippen molar-refractivity contribution in [3.8, 4) is 5.75 Å². The van der Waals surface area contributed by atoms with Crippen LogP contribution < -0.4 is 4.74 Å². The van der Waals surface area contributed by atoms with E-state index < -0.39 is 0 Å². The van der Waals surface area contributed by atoms with Gasteiger partial charge in [0.25, 0.3) is 0 Å². The van der Waals surface area contributed by atoms with Crippen molar-refractivity contribution in [3.63, 3.8) is 0 Å². The second-order valence-corrected chi connectivity index (χ2v) is 4.05. The summed E-state index contributed by atoms with van der Waals surface area (Å²) in [4.78, 5) is 3.85. The molecule has 0 radical (unpaired) electrons. The molecule has 16 heavy (non-hydrogen) atoms. The van der Waals surface area contributed by atoms with Crippen molar-refractivity contribution < 1.29 is 4.74 Å². The molecule has 0 atom stereocenters. The number of ether oxygens (including phenoxy) is 1. The Kier molecular flexibility index (Phi) is 5.76. The molecule has 1 aromatic carbocycles. The second-order valence-electron chi connectivity index (χ2n) is 3.87. The lowest BCUT2D eigenvalue weighted by molar-refractivity contribution is 0.309. The zero-order valence-electron chi connectivity index (χ0n) is 9.77. The Bertz CT molecular complexity index is 370. The SMILES string of the molecule is CC(C)c1ccccc1OCCCN=C=S. The zero-order valence-corrected chi connectivity index (χ0v) is 10.6. The zero-order chi connectivity index (χ0) is 11.8. The van der Waals surface area contributed by atoms with Gasteiger partial charge in [0.05, 0.1) is 18.3 Å². The number of nitrogens with zero attached hydrogens (tertiary/aromatic N) is 1. The highest BCUT2D eigenvalue weighted by molar-refractivity contribution is 7.78. The number of benzene rings is 1. The molecule has 0 heterocycles. The molecule has 2 nitrogen and oxygen atoms in total. The maximum absolute atomic E-state index is 5.72. The topological polar surface area (TPSA) is 21.6 Å². The fourth-order valence-corrected chi connectivity index (χ4v) is 1.55. The lowest BCUT2D eigenvalue weighted by atomic mass is 10.0. The number of hydrogen-bond donors (Lipinski definition) is 0. The first-order valence-corrected chi connectivity index (χ1v) is 5.92. The molecule has 0 aliphatic rings. The van der Waals surface area contributed by atoms with Crippen LogP contribution in [0.15, 0.2) is 29.3 Å². The van der Waals surface area contributed by atoms with E-state index in [2.05, 4.69) is 42.3 Å². The molecule has 0 aliphatic heterocycles. The molecule has 0 bridgehead atoms. The Morgan fingerprint density at radius 1 is 1.38 bits per heavy atom. The molecule has 0 fully saturated rings. The molecule has 1 aromatic rings. The Morgan fingerprint density at radius 3 is 2.81 bits per heavy atom. The van der Waals surface area contributed by atoms with E-state index in [4.69, 9.17) is 4.74 Å². The lowest BCUT2D eigenvalue weighted by Gasteiger charge is -2.13.